The lowest BCUT2D eigenvalue weighted by Gasteiger charge is -2.34. The molecule has 0 aromatic heterocycles. The van der Waals surface area contributed by atoms with E-state index in [-0.39, 0.29) is 18.1 Å². The molecule has 6 heteroatoms. The maximum Gasteiger partial charge on any atom is 0.410 e. The minimum absolute atomic E-state index is 0.252. The first-order valence-corrected chi connectivity index (χ1v) is 9.11. The lowest BCUT2D eigenvalue weighted by Crippen LogP contribution is -2.44. The number of nitrogens with one attached hydrogen (secondary N) is 1. The summed E-state index contributed by atoms with van der Waals surface area (Å²) >= 11 is 0. The third-order valence-electron chi connectivity index (χ3n) is 4.38. The quantitative estimate of drug-likeness (QED) is 0.785. The molecule has 1 unspecified atom stereocenters. The van der Waals surface area contributed by atoms with E-state index >= 15 is 0 Å². The van der Waals surface area contributed by atoms with Crippen LogP contribution in [0.3, 0.4) is 0 Å². The van der Waals surface area contributed by atoms with Crippen LogP contribution in [-0.2, 0) is 14.3 Å². The summed E-state index contributed by atoms with van der Waals surface area (Å²) < 4.78 is 10.6. The van der Waals surface area contributed by atoms with E-state index < -0.39 is 5.60 Å². The zero-order chi connectivity index (χ0) is 19.2. The highest BCUT2D eigenvalue weighted by Gasteiger charge is 2.27. The average Bonchev–Trinajstić information content (AvgIpc) is 2.59. The molecule has 1 amide bonds. The van der Waals surface area contributed by atoms with Crippen molar-refractivity contribution >= 4 is 18.1 Å². The second-order valence-corrected chi connectivity index (χ2v) is 7.67. The van der Waals surface area contributed by atoms with E-state index in [9.17, 15) is 9.59 Å². The van der Waals surface area contributed by atoms with Crippen LogP contribution in [0.15, 0.2) is 24.3 Å². The Morgan fingerprint density at radius 3 is 2.54 bits per heavy atom. The molecule has 0 saturated carbocycles. The van der Waals surface area contributed by atoms with Crippen molar-refractivity contribution in [3.8, 4) is 0 Å². The number of methoxy groups -OCH3 is 1. The number of aldehydes is 1. The fourth-order valence-electron chi connectivity index (χ4n) is 3.09. The minimum atomic E-state index is -0.476. The molecule has 26 heavy (non-hydrogen) atoms. The third kappa shape index (κ3) is 5.73. The van der Waals surface area contributed by atoms with Gasteiger partial charge in [0.15, 0.2) is 0 Å². The zero-order valence-corrected chi connectivity index (χ0v) is 16.2. The topological polar surface area (TPSA) is 67.9 Å². The molecule has 1 saturated heterocycles. The number of amides is 1. The van der Waals surface area contributed by atoms with Gasteiger partial charge < -0.3 is 24.5 Å². The summed E-state index contributed by atoms with van der Waals surface area (Å²) in [4.78, 5) is 25.3. The van der Waals surface area contributed by atoms with E-state index in [4.69, 9.17) is 9.47 Å². The molecule has 0 bridgehead atoms. The highest BCUT2D eigenvalue weighted by molar-refractivity contribution is 5.69. The number of hydrogen-bond donors (Lipinski definition) is 1. The number of anilines is 1. The van der Waals surface area contributed by atoms with E-state index in [1.54, 1.807) is 12.0 Å². The van der Waals surface area contributed by atoms with Crippen molar-refractivity contribution in [2.24, 2.45) is 0 Å². The fraction of sp³-hybridized carbons (Fsp3) is 0.600. The fourth-order valence-corrected chi connectivity index (χ4v) is 3.09. The summed E-state index contributed by atoms with van der Waals surface area (Å²) in [6.45, 7) is 7.30. The van der Waals surface area contributed by atoms with E-state index in [0.29, 0.717) is 19.7 Å². The average molecular weight is 362 g/mol. The Labute approximate surface area is 155 Å². The smallest absolute Gasteiger partial charge is 0.410 e. The summed E-state index contributed by atoms with van der Waals surface area (Å²) in [6.07, 6.45) is 2.35. The van der Waals surface area contributed by atoms with Gasteiger partial charge in [0.25, 0.3) is 0 Å². The van der Waals surface area contributed by atoms with Crippen LogP contribution in [0.5, 0.6) is 0 Å². The number of ether oxygens (including phenoxy) is 2. The van der Waals surface area contributed by atoms with Gasteiger partial charge in [0, 0.05) is 31.9 Å². The Kier molecular flexibility index (Phi) is 7.03. The van der Waals surface area contributed by atoms with Gasteiger partial charge in [0.2, 0.25) is 0 Å². The summed E-state index contributed by atoms with van der Waals surface area (Å²) in [7, 11) is 1.60. The van der Waals surface area contributed by atoms with Crippen LogP contribution >= 0.6 is 0 Å². The molecule has 144 valence electrons. The van der Waals surface area contributed by atoms with Gasteiger partial charge in [0.1, 0.15) is 11.9 Å². The number of carbonyl (C=O) groups excluding carboxylic acids is 2. The SMILES string of the molecule is COCC(C=O)c1ccccc1NC1CCN(C(=O)OC(C)(C)C)CC1. The molecule has 2 rings (SSSR count). The zero-order valence-electron chi connectivity index (χ0n) is 16.2. The first-order valence-electron chi connectivity index (χ1n) is 9.11. The Balaban J connectivity index is 1.96. The highest BCUT2D eigenvalue weighted by atomic mass is 16.6. The molecule has 6 nitrogen and oxygen atoms in total. The van der Waals surface area contributed by atoms with Crippen molar-refractivity contribution in [3.63, 3.8) is 0 Å². The molecule has 1 aromatic carbocycles. The minimum Gasteiger partial charge on any atom is -0.444 e. The molecule has 1 fully saturated rings. The number of nitrogens with zero attached hydrogens (tertiary/aromatic N) is 1. The van der Waals surface area contributed by atoms with Crippen LogP contribution in [0.25, 0.3) is 0 Å². The molecule has 0 radical (unpaired) electrons. The van der Waals surface area contributed by atoms with Crippen molar-refractivity contribution in [3.05, 3.63) is 29.8 Å². The number of carbonyl (C=O) groups is 2. The van der Waals surface area contributed by atoms with Crippen LogP contribution in [0.4, 0.5) is 10.5 Å². The maximum atomic E-state index is 12.2. The van der Waals surface area contributed by atoms with Gasteiger partial charge in [-0.1, -0.05) is 18.2 Å². The second-order valence-electron chi connectivity index (χ2n) is 7.67. The molecule has 1 heterocycles. The van der Waals surface area contributed by atoms with Crippen molar-refractivity contribution in [2.75, 3.05) is 32.1 Å². The Hall–Kier alpha value is -2.08. The van der Waals surface area contributed by atoms with Crippen molar-refractivity contribution < 1.29 is 19.1 Å². The number of piperidine rings is 1. The van der Waals surface area contributed by atoms with Crippen molar-refractivity contribution in [2.45, 2.75) is 51.2 Å². The van der Waals surface area contributed by atoms with Gasteiger partial charge in [-0.25, -0.2) is 4.79 Å². The van der Waals surface area contributed by atoms with Crippen LogP contribution in [0.2, 0.25) is 0 Å². The standard InChI is InChI=1S/C20H30N2O4/c1-20(2,3)26-19(24)22-11-9-16(10-12-22)21-18-8-6-5-7-17(18)15(13-23)14-25-4/h5-8,13,15-16,21H,9-12,14H2,1-4H3. The van der Waals surface area contributed by atoms with Gasteiger partial charge in [0.05, 0.1) is 12.5 Å². The second kappa shape index (κ2) is 9.03. The summed E-state index contributed by atoms with van der Waals surface area (Å²) in [5, 5.41) is 3.54. The monoisotopic (exact) mass is 362 g/mol. The van der Waals surface area contributed by atoms with Crippen LogP contribution in [0, 0.1) is 0 Å². The first kappa shape index (κ1) is 20.2. The Morgan fingerprint density at radius 1 is 1.31 bits per heavy atom. The molecule has 1 N–H and O–H groups in total. The highest BCUT2D eigenvalue weighted by Crippen LogP contribution is 2.26. The number of rotatable bonds is 6. The van der Waals surface area contributed by atoms with Crippen molar-refractivity contribution in [1.82, 2.24) is 4.90 Å². The summed E-state index contributed by atoms with van der Waals surface area (Å²) in [5.41, 5.74) is 1.42. The van der Waals surface area contributed by atoms with Crippen LogP contribution < -0.4 is 5.32 Å². The van der Waals surface area contributed by atoms with Gasteiger partial charge in [-0.2, -0.15) is 0 Å². The molecular formula is C20H30N2O4. The van der Waals surface area contributed by atoms with E-state index in [1.165, 1.54) is 0 Å². The van der Waals surface area contributed by atoms with E-state index in [1.807, 2.05) is 45.0 Å². The molecule has 1 atom stereocenters. The van der Waals surface area contributed by atoms with Gasteiger partial charge in [-0.15, -0.1) is 0 Å². The predicted molar refractivity (Wildman–Crippen MR) is 102 cm³/mol. The number of hydrogen-bond acceptors (Lipinski definition) is 5. The number of likely N-dealkylation sites (tertiary alicyclic amines) is 1. The number of para-hydroxylation sites is 1. The van der Waals surface area contributed by atoms with Crippen LogP contribution in [0.1, 0.15) is 45.1 Å². The normalized spacial score (nSPS) is 16.8. The van der Waals surface area contributed by atoms with Crippen LogP contribution in [-0.4, -0.2) is 55.7 Å². The molecule has 1 aliphatic heterocycles. The lowest BCUT2D eigenvalue weighted by molar-refractivity contribution is -0.110. The summed E-state index contributed by atoms with van der Waals surface area (Å²) in [5.74, 6) is -0.287. The third-order valence-corrected chi connectivity index (χ3v) is 4.38. The molecule has 0 aliphatic carbocycles. The molecule has 1 aromatic rings. The maximum absolute atomic E-state index is 12.2. The van der Waals surface area contributed by atoms with Gasteiger partial charge in [-0.05, 0) is 45.2 Å². The molecular weight excluding hydrogens is 332 g/mol. The van der Waals surface area contributed by atoms with Crippen molar-refractivity contribution in [1.29, 1.82) is 0 Å². The molecule has 0 spiro atoms. The molecule has 1 aliphatic rings. The number of benzene rings is 1. The Morgan fingerprint density at radius 2 is 1.96 bits per heavy atom. The van der Waals surface area contributed by atoms with E-state index in [0.717, 1.165) is 30.4 Å². The van der Waals surface area contributed by atoms with Gasteiger partial charge >= 0.3 is 6.09 Å². The lowest BCUT2D eigenvalue weighted by atomic mass is 9.97. The van der Waals surface area contributed by atoms with E-state index in [2.05, 4.69) is 5.32 Å². The van der Waals surface area contributed by atoms with Gasteiger partial charge in [-0.3, -0.25) is 0 Å². The predicted octanol–water partition coefficient (Wildman–Crippen LogP) is 3.43. The largest absolute Gasteiger partial charge is 0.444 e. The Bertz CT molecular complexity index is 604. The summed E-state index contributed by atoms with van der Waals surface area (Å²) in [6, 6.07) is 8.08. The first-order chi connectivity index (χ1) is 12.3.